The number of nitrogen functional groups attached to an aromatic ring is 1. The van der Waals surface area contributed by atoms with Gasteiger partial charge in [-0.1, -0.05) is 0 Å². The fourth-order valence-corrected chi connectivity index (χ4v) is 1.34. The van der Waals surface area contributed by atoms with Gasteiger partial charge in [0.2, 0.25) is 5.95 Å². The largest absolute Gasteiger partial charge is 0.368 e. The molecule has 6 heteroatoms. The van der Waals surface area contributed by atoms with Gasteiger partial charge in [0.15, 0.2) is 5.82 Å². The van der Waals surface area contributed by atoms with Crippen molar-refractivity contribution < 1.29 is 8.78 Å². The predicted molar refractivity (Wildman–Crippen MR) is 55.5 cm³/mol. The van der Waals surface area contributed by atoms with Crippen LogP contribution in [0.25, 0.3) is 11.4 Å². The molecule has 1 heterocycles. The Kier molecular flexibility index (Phi) is 2.34. The Balaban J connectivity index is 2.60. The van der Waals surface area contributed by atoms with Gasteiger partial charge in [-0.3, -0.25) is 0 Å². The summed E-state index contributed by atoms with van der Waals surface area (Å²) in [5.41, 5.74) is 5.97. The summed E-state index contributed by atoms with van der Waals surface area (Å²) in [6.45, 7) is 1.55. The van der Waals surface area contributed by atoms with Gasteiger partial charge in [-0.15, -0.1) is 5.10 Å². The van der Waals surface area contributed by atoms with Crippen LogP contribution in [0, 0.1) is 18.6 Å². The maximum Gasteiger partial charge on any atom is 0.218 e. The fraction of sp³-hybridized carbons (Fsp3) is 0.200. The molecule has 0 aliphatic heterocycles. The van der Waals surface area contributed by atoms with Crippen LogP contribution in [0.15, 0.2) is 12.1 Å². The number of hydrogen-bond donors (Lipinski definition) is 1. The molecule has 0 radical (unpaired) electrons. The molecule has 0 spiro atoms. The molecule has 0 amide bonds. The molecule has 16 heavy (non-hydrogen) atoms. The standard InChI is InChI=1S/C10H10F2N4/c1-5-3-6(8(12)4-7(5)11)9-14-10(13)16(2)15-9/h3-4H,1-2H3,(H2,13,14,15). The second kappa shape index (κ2) is 3.55. The van der Waals surface area contributed by atoms with Gasteiger partial charge in [0.05, 0.1) is 5.56 Å². The summed E-state index contributed by atoms with van der Waals surface area (Å²) < 4.78 is 27.9. The number of hydrogen-bond acceptors (Lipinski definition) is 3. The quantitative estimate of drug-likeness (QED) is 0.801. The van der Waals surface area contributed by atoms with E-state index in [2.05, 4.69) is 10.1 Å². The molecule has 2 N–H and O–H groups in total. The summed E-state index contributed by atoms with van der Waals surface area (Å²) in [6.07, 6.45) is 0. The summed E-state index contributed by atoms with van der Waals surface area (Å²) >= 11 is 0. The maximum absolute atomic E-state index is 13.5. The van der Waals surface area contributed by atoms with E-state index in [9.17, 15) is 8.78 Å². The minimum Gasteiger partial charge on any atom is -0.368 e. The molecule has 0 bridgehead atoms. The molecule has 2 aromatic rings. The number of nitrogens with zero attached hydrogens (tertiary/aromatic N) is 3. The molecule has 0 unspecified atom stereocenters. The zero-order valence-corrected chi connectivity index (χ0v) is 8.83. The normalized spacial score (nSPS) is 10.8. The number of nitrogens with two attached hydrogens (primary N) is 1. The highest BCUT2D eigenvalue weighted by molar-refractivity contribution is 5.58. The van der Waals surface area contributed by atoms with Gasteiger partial charge < -0.3 is 5.73 Å². The van der Waals surface area contributed by atoms with Gasteiger partial charge in [-0.25, -0.2) is 13.5 Å². The van der Waals surface area contributed by atoms with Crippen LogP contribution in [0.2, 0.25) is 0 Å². The first-order valence-corrected chi connectivity index (χ1v) is 4.61. The van der Waals surface area contributed by atoms with Crippen molar-refractivity contribution in [3.63, 3.8) is 0 Å². The Morgan fingerprint density at radius 3 is 2.50 bits per heavy atom. The molecule has 84 valence electrons. The van der Waals surface area contributed by atoms with Crippen LogP contribution in [-0.4, -0.2) is 14.8 Å². The van der Waals surface area contributed by atoms with Crippen molar-refractivity contribution in [3.8, 4) is 11.4 Å². The Labute approximate surface area is 90.7 Å². The molecule has 0 atom stereocenters. The highest BCUT2D eigenvalue weighted by atomic mass is 19.1. The molecule has 0 aliphatic carbocycles. The minimum absolute atomic E-state index is 0.145. The maximum atomic E-state index is 13.5. The molecule has 0 saturated carbocycles. The van der Waals surface area contributed by atoms with Gasteiger partial charge in [-0.2, -0.15) is 4.98 Å². The number of aromatic nitrogens is 3. The van der Waals surface area contributed by atoms with E-state index in [1.165, 1.54) is 10.7 Å². The predicted octanol–water partition coefficient (Wildman–Crippen LogP) is 1.65. The van der Waals surface area contributed by atoms with Crippen molar-refractivity contribution >= 4 is 5.95 Å². The van der Waals surface area contributed by atoms with Crippen LogP contribution in [-0.2, 0) is 7.05 Å². The van der Waals surface area contributed by atoms with E-state index in [-0.39, 0.29) is 17.3 Å². The van der Waals surface area contributed by atoms with Gasteiger partial charge in [0.1, 0.15) is 11.6 Å². The summed E-state index contributed by atoms with van der Waals surface area (Å²) in [5, 5.41) is 3.93. The Morgan fingerprint density at radius 2 is 1.94 bits per heavy atom. The number of aryl methyl sites for hydroxylation is 2. The molecule has 0 fully saturated rings. The lowest BCUT2D eigenvalue weighted by Gasteiger charge is -2.01. The highest BCUT2D eigenvalue weighted by Gasteiger charge is 2.14. The van der Waals surface area contributed by atoms with E-state index in [4.69, 9.17) is 5.73 Å². The van der Waals surface area contributed by atoms with Gasteiger partial charge in [-0.05, 0) is 18.6 Å². The van der Waals surface area contributed by atoms with Crippen molar-refractivity contribution in [1.29, 1.82) is 0 Å². The zero-order chi connectivity index (χ0) is 11.9. The van der Waals surface area contributed by atoms with Crippen molar-refractivity contribution in [2.75, 3.05) is 5.73 Å². The van der Waals surface area contributed by atoms with Crippen molar-refractivity contribution in [2.45, 2.75) is 6.92 Å². The molecule has 0 saturated heterocycles. The van der Waals surface area contributed by atoms with Crippen molar-refractivity contribution in [3.05, 3.63) is 29.3 Å². The average molecular weight is 224 g/mol. The zero-order valence-electron chi connectivity index (χ0n) is 8.83. The SMILES string of the molecule is Cc1cc(-c2nc(N)n(C)n2)c(F)cc1F. The average Bonchev–Trinajstić information content (AvgIpc) is 2.53. The van der Waals surface area contributed by atoms with E-state index in [0.29, 0.717) is 5.56 Å². The van der Waals surface area contributed by atoms with Crippen molar-refractivity contribution in [2.24, 2.45) is 7.05 Å². The van der Waals surface area contributed by atoms with E-state index >= 15 is 0 Å². The lowest BCUT2D eigenvalue weighted by molar-refractivity contribution is 0.579. The molecule has 4 nitrogen and oxygen atoms in total. The second-order valence-corrected chi connectivity index (χ2v) is 3.50. The van der Waals surface area contributed by atoms with Crippen LogP contribution in [0.4, 0.5) is 14.7 Å². The first-order chi connectivity index (χ1) is 7.49. The monoisotopic (exact) mass is 224 g/mol. The molecule has 0 aliphatic rings. The second-order valence-electron chi connectivity index (χ2n) is 3.50. The third-order valence-corrected chi connectivity index (χ3v) is 2.29. The van der Waals surface area contributed by atoms with Crippen LogP contribution < -0.4 is 5.73 Å². The van der Waals surface area contributed by atoms with E-state index in [1.807, 2.05) is 0 Å². The summed E-state index contributed by atoms with van der Waals surface area (Å²) in [7, 11) is 1.60. The first kappa shape index (κ1) is 10.5. The van der Waals surface area contributed by atoms with E-state index < -0.39 is 11.6 Å². The molecule has 1 aromatic carbocycles. The lowest BCUT2D eigenvalue weighted by Crippen LogP contribution is -1.97. The van der Waals surface area contributed by atoms with Crippen LogP contribution >= 0.6 is 0 Å². The minimum atomic E-state index is -0.700. The van der Waals surface area contributed by atoms with Gasteiger partial charge in [0, 0.05) is 13.1 Å². The van der Waals surface area contributed by atoms with E-state index in [0.717, 1.165) is 6.07 Å². The summed E-state index contributed by atoms with van der Waals surface area (Å²) in [6, 6.07) is 2.18. The summed E-state index contributed by atoms with van der Waals surface area (Å²) in [4.78, 5) is 3.88. The first-order valence-electron chi connectivity index (χ1n) is 4.61. The highest BCUT2D eigenvalue weighted by Crippen LogP contribution is 2.23. The lowest BCUT2D eigenvalue weighted by atomic mass is 10.1. The number of halogens is 2. The number of rotatable bonds is 1. The molecular weight excluding hydrogens is 214 g/mol. The Bertz CT molecular complexity index is 528. The third kappa shape index (κ3) is 1.62. The van der Waals surface area contributed by atoms with Crippen LogP contribution in [0.3, 0.4) is 0 Å². The smallest absolute Gasteiger partial charge is 0.218 e. The molecule has 2 rings (SSSR count). The molecule has 1 aromatic heterocycles. The van der Waals surface area contributed by atoms with Gasteiger partial charge >= 0.3 is 0 Å². The van der Waals surface area contributed by atoms with E-state index in [1.54, 1.807) is 14.0 Å². The topological polar surface area (TPSA) is 56.7 Å². The van der Waals surface area contributed by atoms with Crippen LogP contribution in [0.1, 0.15) is 5.56 Å². The Hall–Kier alpha value is -1.98. The molecular formula is C10H10F2N4. The van der Waals surface area contributed by atoms with Gasteiger partial charge in [0.25, 0.3) is 0 Å². The van der Waals surface area contributed by atoms with Crippen molar-refractivity contribution in [1.82, 2.24) is 14.8 Å². The summed E-state index contributed by atoms with van der Waals surface area (Å²) in [5.74, 6) is -0.962. The number of benzene rings is 1. The van der Waals surface area contributed by atoms with Crippen LogP contribution in [0.5, 0.6) is 0 Å². The fourth-order valence-electron chi connectivity index (χ4n) is 1.34. The Morgan fingerprint density at radius 1 is 1.25 bits per heavy atom. The third-order valence-electron chi connectivity index (χ3n) is 2.29. The number of anilines is 1.